The lowest BCUT2D eigenvalue weighted by Crippen LogP contribution is -2.42. The molecule has 0 bridgehead atoms. The summed E-state index contributed by atoms with van der Waals surface area (Å²) in [5.74, 6) is 1.05. The second kappa shape index (κ2) is 10.1. The third kappa shape index (κ3) is 4.61. The van der Waals surface area contributed by atoms with Crippen LogP contribution in [-0.4, -0.2) is 58.8 Å². The Kier molecular flexibility index (Phi) is 6.56. The molecule has 182 valence electrons. The molecule has 2 aromatic heterocycles. The van der Waals surface area contributed by atoms with Crippen LogP contribution in [0.15, 0.2) is 60.8 Å². The Morgan fingerprint density at radius 1 is 1.14 bits per heavy atom. The molecule has 0 atom stereocenters. The van der Waals surface area contributed by atoms with Crippen LogP contribution in [0.25, 0.3) is 33.4 Å². The van der Waals surface area contributed by atoms with E-state index in [9.17, 15) is 10.1 Å². The highest BCUT2D eigenvalue weighted by molar-refractivity contribution is 5.96. The van der Waals surface area contributed by atoms with Crippen molar-refractivity contribution < 1.29 is 19.4 Å². The number of piperidine rings is 1. The van der Waals surface area contributed by atoms with Crippen LogP contribution in [0, 0.1) is 11.3 Å². The van der Waals surface area contributed by atoms with E-state index in [-0.39, 0.29) is 12.0 Å². The molecular weight excluding hydrogens is 456 g/mol. The summed E-state index contributed by atoms with van der Waals surface area (Å²) >= 11 is 0. The SMILES string of the molecule is COc1ccc(-c2cc3c(-c4ccc(OC5CCN(C(=O)CO)CC5)c(C#N)c4)nccc3[nH]2)cc1. The van der Waals surface area contributed by atoms with E-state index in [1.807, 2.05) is 48.5 Å². The highest BCUT2D eigenvalue weighted by Gasteiger charge is 2.24. The molecule has 3 heterocycles. The van der Waals surface area contributed by atoms with Gasteiger partial charge in [0.05, 0.1) is 18.4 Å². The maximum absolute atomic E-state index is 11.7. The molecule has 0 radical (unpaired) electrons. The number of likely N-dealkylation sites (tertiary alicyclic amines) is 1. The van der Waals surface area contributed by atoms with Gasteiger partial charge in [0, 0.05) is 54.3 Å². The lowest BCUT2D eigenvalue weighted by molar-refractivity contribution is -0.135. The van der Waals surface area contributed by atoms with Gasteiger partial charge >= 0.3 is 0 Å². The van der Waals surface area contributed by atoms with Crippen LogP contribution in [0.5, 0.6) is 11.5 Å². The molecular formula is C28H26N4O4. The molecule has 8 heteroatoms. The average Bonchev–Trinajstić information content (AvgIpc) is 3.38. The molecule has 4 aromatic rings. The summed E-state index contributed by atoms with van der Waals surface area (Å²) in [6.45, 7) is 0.578. The number of methoxy groups -OCH3 is 1. The molecule has 2 aromatic carbocycles. The summed E-state index contributed by atoms with van der Waals surface area (Å²) in [4.78, 5) is 21.4. The normalized spacial score (nSPS) is 14.0. The van der Waals surface area contributed by atoms with E-state index in [2.05, 4.69) is 22.1 Å². The van der Waals surface area contributed by atoms with Crippen LogP contribution in [0.4, 0.5) is 0 Å². The number of nitriles is 1. The van der Waals surface area contributed by atoms with Gasteiger partial charge in [-0.1, -0.05) is 0 Å². The van der Waals surface area contributed by atoms with Gasteiger partial charge in [-0.25, -0.2) is 0 Å². The van der Waals surface area contributed by atoms with Crippen molar-refractivity contribution in [1.82, 2.24) is 14.9 Å². The van der Waals surface area contributed by atoms with Gasteiger partial charge in [0.2, 0.25) is 5.91 Å². The quantitative estimate of drug-likeness (QED) is 0.427. The number of rotatable bonds is 6. The number of fused-ring (bicyclic) bond motifs is 1. The second-order valence-electron chi connectivity index (χ2n) is 8.71. The number of aromatic amines is 1. The summed E-state index contributed by atoms with van der Waals surface area (Å²) in [5, 5.41) is 19.8. The predicted octanol–water partition coefficient (Wildman–Crippen LogP) is 4.14. The van der Waals surface area contributed by atoms with Crippen molar-refractivity contribution in [3.8, 4) is 40.1 Å². The first kappa shape index (κ1) is 23.4. The molecule has 1 aliphatic heterocycles. The van der Waals surface area contributed by atoms with Crippen LogP contribution < -0.4 is 9.47 Å². The van der Waals surface area contributed by atoms with E-state index in [4.69, 9.17) is 14.6 Å². The molecule has 1 amide bonds. The number of ether oxygens (including phenoxy) is 2. The number of aliphatic hydroxyl groups excluding tert-OH is 1. The molecule has 0 saturated carbocycles. The fraction of sp³-hybridized carbons (Fsp3) is 0.250. The Hall–Kier alpha value is -4.35. The Bertz CT molecular complexity index is 1430. The molecule has 1 aliphatic rings. The van der Waals surface area contributed by atoms with Crippen molar-refractivity contribution in [1.29, 1.82) is 5.26 Å². The fourth-order valence-corrected chi connectivity index (χ4v) is 4.58. The molecule has 0 spiro atoms. The third-order valence-corrected chi connectivity index (χ3v) is 6.55. The fourth-order valence-electron chi connectivity index (χ4n) is 4.58. The summed E-state index contributed by atoms with van der Waals surface area (Å²) in [6, 6.07) is 19.6. The standard InChI is InChI=1S/C28H26N4O4/c1-35-21-5-2-18(3-6-21)25-15-23-24(31-25)8-11-30-28(23)19-4-7-26(20(14-19)16-29)36-22-9-12-32(13-10-22)27(34)17-33/h2-8,11,14-15,22,31,33H,9-10,12-13,17H2,1H3. The molecule has 0 aliphatic carbocycles. The predicted molar refractivity (Wildman–Crippen MR) is 136 cm³/mol. The van der Waals surface area contributed by atoms with Gasteiger partial charge in [-0.3, -0.25) is 9.78 Å². The van der Waals surface area contributed by atoms with Gasteiger partial charge < -0.3 is 24.5 Å². The number of nitrogens with zero attached hydrogens (tertiary/aromatic N) is 3. The van der Waals surface area contributed by atoms with E-state index in [0.717, 1.165) is 39.2 Å². The largest absolute Gasteiger partial charge is 0.497 e. The lowest BCUT2D eigenvalue weighted by atomic mass is 10.0. The van der Waals surface area contributed by atoms with Crippen molar-refractivity contribution in [2.24, 2.45) is 0 Å². The van der Waals surface area contributed by atoms with Crippen LogP contribution in [0.3, 0.4) is 0 Å². The summed E-state index contributed by atoms with van der Waals surface area (Å²) < 4.78 is 11.4. The van der Waals surface area contributed by atoms with Gasteiger partial charge in [0.15, 0.2) is 0 Å². The minimum Gasteiger partial charge on any atom is -0.497 e. The van der Waals surface area contributed by atoms with Crippen molar-refractivity contribution in [3.63, 3.8) is 0 Å². The second-order valence-corrected chi connectivity index (χ2v) is 8.71. The zero-order chi connectivity index (χ0) is 25.1. The number of nitrogens with one attached hydrogen (secondary N) is 1. The number of aromatic nitrogens is 2. The molecule has 1 fully saturated rings. The minimum absolute atomic E-state index is 0.0935. The first-order valence-corrected chi connectivity index (χ1v) is 11.8. The third-order valence-electron chi connectivity index (χ3n) is 6.55. The van der Waals surface area contributed by atoms with Crippen LogP contribution >= 0.6 is 0 Å². The number of aliphatic hydroxyl groups is 1. The van der Waals surface area contributed by atoms with E-state index < -0.39 is 6.61 Å². The van der Waals surface area contributed by atoms with E-state index >= 15 is 0 Å². The van der Waals surface area contributed by atoms with E-state index in [0.29, 0.717) is 37.2 Å². The number of H-pyrrole nitrogens is 1. The summed E-state index contributed by atoms with van der Waals surface area (Å²) in [7, 11) is 1.64. The number of amides is 1. The number of carbonyl (C=O) groups is 1. The monoisotopic (exact) mass is 482 g/mol. The van der Waals surface area contributed by atoms with E-state index in [1.54, 1.807) is 18.2 Å². The molecule has 36 heavy (non-hydrogen) atoms. The highest BCUT2D eigenvalue weighted by atomic mass is 16.5. The zero-order valence-corrected chi connectivity index (χ0v) is 19.9. The van der Waals surface area contributed by atoms with Crippen molar-refractivity contribution in [2.75, 3.05) is 26.8 Å². The molecule has 8 nitrogen and oxygen atoms in total. The van der Waals surface area contributed by atoms with Gasteiger partial charge in [-0.05, 0) is 60.2 Å². The van der Waals surface area contributed by atoms with E-state index in [1.165, 1.54) is 0 Å². The van der Waals surface area contributed by atoms with Crippen molar-refractivity contribution in [3.05, 3.63) is 66.4 Å². The summed E-state index contributed by atoms with van der Waals surface area (Å²) in [6.07, 6.45) is 2.96. The molecule has 2 N–H and O–H groups in total. The Morgan fingerprint density at radius 2 is 1.89 bits per heavy atom. The van der Waals surface area contributed by atoms with Gasteiger partial charge in [-0.2, -0.15) is 5.26 Å². The number of hydrogen-bond acceptors (Lipinski definition) is 6. The first-order chi connectivity index (χ1) is 17.6. The van der Waals surface area contributed by atoms with Crippen molar-refractivity contribution in [2.45, 2.75) is 18.9 Å². The molecule has 1 saturated heterocycles. The van der Waals surface area contributed by atoms with Gasteiger partial charge in [0.25, 0.3) is 0 Å². The maximum Gasteiger partial charge on any atom is 0.248 e. The van der Waals surface area contributed by atoms with Crippen molar-refractivity contribution >= 4 is 16.8 Å². The minimum atomic E-state index is -0.477. The first-order valence-electron chi connectivity index (χ1n) is 11.8. The topological polar surface area (TPSA) is 111 Å². The number of carbonyl (C=O) groups excluding carboxylic acids is 1. The maximum atomic E-state index is 11.7. The van der Waals surface area contributed by atoms with Gasteiger partial charge in [0.1, 0.15) is 30.3 Å². The number of benzene rings is 2. The number of hydrogen-bond donors (Lipinski definition) is 2. The van der Waals surface area contributed by atoms with Crippen LogP contribution in [-0.2, 0) is 4.79 Å². The van der Waals surface area contributed by atoms with Crippen LogP contribution in [0.1, 0.15) is 18.4 Å². The molecule has 5 rings (SSSR count). The zero-order valence-electron chi connectivity index (χ0n) is 19.9. The Balaban J connectivity index is 1.39. The average molecular weight is 483 g/mol. The van der Waals surface area contributed by atoms with Crippen LogP contribution in [0.2, 0.25) is 0 Å². The number of pyridine rings is 1. The Labute approximate surface area is 208 Å². The van der Waals surface area contributed by atoms with Gasteiger partial charge in [-0.15, -0.1) is 0 Å². The summed E-state index contributed by atoms with van der Waals surface area (Å²) in [5.41, 5.74) is 5.00. The highest BCUT2D eigenvalue weighted by Crippen LogP contribution is 2.34. The lowest BCUT2D eigenvalue weighted by Gasteiger charge is -2.32. The molecule has 0 unspecified atom stereocenters. The Morgan fingerprint density at radius 3 is 2.58 bits per heavy atom. The smallest absolute Gasteiger partial charge is 0.248 e.